The number of rotatable bonds is 4. The van der Waals surface area contributed by atoms with Crippen LogP contribution in [0, 0.1) is 0 Å². The lowest BCUT2D eigenvalue weighted by Gasteiger charge is -2.22. The van der Waals surface area contributed by atoms with Crippen LogP contribution in [0.5, 0.6) is 0 Å². The van der Waals surface area contributed by atoms with Crippen molar-refractivity contribution in [1.29, 1.82) is 0 Å². The largest absolute Gasteiger partial charge is 0.416 e. The molecule has 0 aliphatic rings. The molecule has 0 aromatic heterocycles. The van der Waals surface area contributed by atoms with Gasteiger partial charge < -0.3 is 0 Å². The van der Waals surface area contributed by atoms with Gasteiger partial charge in [0.15, 0.2) is 0 Å². The van der Waals surface area contributed by atoms with Crippen molar-refractivity contribution < 1.29 is 13.2 Å². The zero-order valence-electron chi connectivity index (χ0n) is 9.76. The first-order chi connectivity index (χ1) is 7.86. The molecule has 1 atom stereocenters. The summed E-state index contributed by atoms with van der Waals surface area (Å²) < 4.78 is 39.1. The van der Waals surface area contributed by atoms with Crippen molar-refractivity contribution in [1.82, 2.24) is 3.93 Å². The Kier molecular flexibility index (Phi) is 5.01. The van der Waals surface area contributed by atoms with Crippen molar-refractivity contribution in [3.05, 3.63) is 35.4 Å². The summed E-state index contributed by atoms with van der Waals surface area (Å²) >= 11 is 3.41. The first kappa shape index (κ1) is 14.5. The van der Waals surface area contributed by atoms with E-state index in [1.807, 2.05) is 17.8 Å². The number of alkyl halides is 3. The molecule has 1 aromatic rings. The van der Waals surface area contributed by atoms with Crippen molar-refractivity contribution >= 4 is 16.1 Å². The fourth-order valence-electron chi connectivity index (χ4n) is 1.52. The molecule has 0 spiro atoms. The Morgan fingerprint density at radius 3 is 2.18 bits per heavy atom. The predicted molar refractivity (Wildman–Crippen MR) is 65.8 cm³/mol. The second kappa shape index (κ2) is 5.87. The molecule has 0 saturated carbocycles. The second-order valence-electron chi connectivity index (χ2n) is 3.92. The molecule has 0 aliphatic carbocycles. The molecule has 0 amide bonds. The molecule has 0 bridgehead atoms. The second-order valence-corrected chi connectivity index (χ2v) is 4.83. The van der Waals surface area contributed by atoms with Gasteiger partial charge >= 0.3 is 6.18 Å². The van der Waals surface area contributed by atoms with Crippen LogP contribution in [0.1, 0.15) is 37.4 Å². The molecular formula is C12H15BrF3N. The molecule has 0 unspecified atom stereocenters. The molecule has 5 heteroatoms. The van der Waals surface area contributed by atoms with E-state index in [-0.39, 0.29) is 6.04 Å². The Morgan fingerprint density at radius 2 is 1.76 bits per heavy atom. The van der Waals surface area contributed by atoms with Gasteiger partial charge in [-0.15, -0.1) is 0 Å². The van der Waals surface area contributed by atoms with E-state index in [0.29, 0.717) is 0 Å². The van der Waals surface area contributed by atoms with E-state index in [1.165, 1.54) is 12.1 Å². The third-order valence-electron chi connectivity index (χ3n) is 2.58. The normalized spacial score (nSPS) is 14.1. The summed E-state index contributed by atoms with van der Waals surface area (Å²) in [7, 11) is 0. The molecule has 1 rings (SSSR count). The van der Waals surface area contributed by atoms with Gasteiger partial charge in [-0.1, -0.05) is 19.1 Å². The number of halogens is 4. The summed E-state index contributed by atoms with van der Waals surface area (Å²) in [5.74, 6) is 0. The molecule has 1 nitrogen and oxygen atoms in total. The Morgan fingerprint density at radius 1 is 1.24 bits per heavy atom. The summed E-state index contributed by atoms with van der Waals surface area (Å²) in [5, 5.41) is 0. The molecule has 1 aromatic carbocycles. The third-order valence-corrected chi connectivity index (χ3v) is 3.55. The average molecular weight is 310 g/mol. The zero-order valence-corrected chi connectivity index (χ0v) is 11.3. The highest BCUT2D eigenvalue weighted by Gasteiger charge is 2.30. The number of hydrogen-bond donors (Lipinski definition) is 0. The number of benzene rings is 1. The van der Waals surface area contributed by atoms with Gasteiger partial charge in [-0.05, 0) is 31.0 Å². The summed E-state index contributed by atoms with van der Waals surface area (Å²) in [6.07, 6.45) is -3.28. The van der Waals surface area contributed by atoms with Crippen LogP contribution in [0.4, 0.5) is 13.2 Å². The van der Waals surface area contributed by atoms with Gasteiger partial charge in [0.1, 0.15) is 0 Å². The molecule has 0 radical (unpaired) electrons. The van der Waals surface area contributed by atoms with Crippen LogP contribution in [0.2, 0.25) is 0 Å². The van der Waals surface area contributed by atoms with Crippen molar-refractivity contribution in [2.75, 3.05) is 6.54 Å². The Labute approximate surface area is 108 Å². The van der Waals surface area contributed by atoms with Crippen LogP contribution in [-0.2, 0) is 6.18 Å². The van der Waals surface area contributed by atoms with Gasteiger partial charge in [0.05, 0.1) is 5.56 Å². The molecule has 96 valence electrons. The van der Waals surface area contributed by atoms with E-state index in [9.17, 15) is 13.2 Å². The molecule has 0 saturated heterocycles. The lowest BCUT2D eigenvalue weighted by molar-refractivity contribution is -0.137. The zero-order chi connectivity index (χ0) is 13.1. The summed E-state index contributed by atoms with van der Waals surface area (Å²) in [4.78, 5) is 0. The minimum Gasteiger partial charge on any atom is -0.235 e. The van der Waals surface area contributed by atoms with E-state index in [0.717, 1.165) is 30.7 Å². The van der Waals surface area contributed by atoms with Crippen LogP contribution >= 0.6 is 16.1 Å². The molecule has 17 heavy (non-hydrogen) atoms. The van der Waals surface area contributed by atoms with E-state index < -0.39 is 11.7 Å². The maximum absolute atomic E-state index is 12.4. The van der Waals surface area contributed by atoms with Gasteiger partial charge in [0.25, 0.3) is 0 Å². The van der Waals surface area contributed by atoms with Gasteiger partial charge in [-0.2, -0.15) is 13.2 Å². The van der Waals surface area contributed by atoms with Crippen LogP contribution in [0.15, 0.2) is 24.3 Å². The molecule has 0 N–H and O–H groups in total. The van der Waals surface area contributed by atoms with E-state index >= 15 is 0 Å². The van der Waals surface area contributed by atoms with Gasteiger partial charge in [-0.3, -0.25) is 0 Å². The quantitative estimate of drug-likeness (QED) is 0.723. The summed E-state index contributed by atoms with van der Waals surface area (Å²) in [5.41, 5.74) is 0.258. The van der Waals surface area contributed by atoms with E-state index in [2.05, 4.69) is 16.1 Å². The monoisotopic (exact) mass is 309 g/mol. The Balaban J connectivity index is 2.80. The van der Waals surface area contributed by atoms with Crippen molar-refractivity contribution in [2.45, 2.75) is 32.5 Å². The third kappa shape index (κ3) is 4.00. The van der Waals surface area contributed by atoms with Crippen molar-refractivity contribution in [2.24, 2.45) is 0 Å². The predicted octanol–water partition coefficient (Wildman–Crippen LogP) is 4.79. The molecular weight excluding hydrogens is 295 g/mol. The fourth-order valence-corrected chi connectivity index (χ4v) is 2.11. The minimum absolute atomic E-state index is 0.0530. The van der Waals surface area contributed by atoms with Gasteiger partial charge in [0.2, 0.25) is 0 Å². The topological polar surface area (TPSA) is 3.24 Å². The van der Waals surface area contributed by atoms with Gasteiger partial charge in [-0.25, -0.2) is 3.93 Å². The Bertz CT molecular complexity index is 348. The Hall–Kier alpha value is -0.550. The van der Waals surface area contributed by atoms with Crippen LogP contribution in [-0.4, -0.2) is 10.5 Å². The minimum atomic E-state index is -4.26. The van der Waals surface area contributed by atoms with Crippen molar-refractivity contribution in [3.63, 3.8) is 0 Å². The first-order valence-electron chi connectivity index (χ1n) is 5.45. The van der Waals surface area contributed by atoms with E-state index in [1.54, 1.807) is 0 Å². The number of hydrogen-bond acceptors (Lipinski definition) is 1. The molecule has 0 heterocycles. The summed E-state index contributed by atoms with van der Waals surface area (Å²) in [6, 6.07) is 5.35. The van der Waals surface area contributed by atoms with Crippen molar-refractivity contribution in [3.8, 4) is 0 Å². The standard InChI is InChI=1S/C12H15BrF3N/c1-3-8-17(13)9(2)10-4-6-11(7-5-10)12(14,15)16/h4-7,9H,3,8H2,1-2H3/t9-/m1/s1. The van der Waals surface area contributed by atoms with E-state index in [4.69, 9.17) is 0 Å². The summed E-state index contributed by atoms with van der Waals surface area (Å²) in [6.45, 7) is 4.85. The lowest BCUT2D eigenvalue weighted by atomic mass is 10.1. The molecule has 0 aliphatic heterocycles. The molecule has 0 fully saturated rings. The van der Waals surface area contributed by atoms with Crippen LogP contribution in [0.25, 0.3) is 0 Å². The van der Waals surface area contributed by atoms with Crippen LogP contribution in [0.3, 0.4) is 0 Å². The lowest BCUT2D eigenvalue weighted by Crippen LogP contribution is -2.17. The first-order valence-corrected chi connectivity index (χ1v) is 6.16. The highest BCUT2D eigenvalue weighted by atomic mass is 79.9. The maximum atomic E-state index is 12.4. The van der Waals surface area contributed by atoms with Gasteiger partial charge in [0, 0.05) is 28.7 Å². The highest BCUT2D eigenvalue weighted by molar-refractivity contribution is 9.07. The fraction of sp³-hybridized carbons (Fsp3) is 0.500. The number of nitrogens with zero attached hydrogens (tertiary/aromatic N) is 1. The highest BCUT2D eigenvalue weighted by Crippen LogP contribution is 2.31. The SMILES string of the molecule is CCCN(Br)[C@H](C)c1ccc(C(F)(F)F)cc1. The average Bonchev–Trinajstić information content (AvgIpc) is 2.27. The van der Waals surface area contributed by atoms with Crippen LogP contribution < -0.4 is 0 Å². The maximum Gasteiger partial charge on any atom is 0.416 e. The smallest absolute Gasteiger partial charge is 0.235 e.